The number of hydrogen-bond donors (Lipinski definition) is 1. The third kappa shape index (κ3) is 4.26. The zero-order chi connectivity index (χ0) is 22.0. The van der Waals surface area contributed by atoms with Crippen molar-refractivity contribution in [1.82, 2.24) is 4.31 Å². The number of carbonyl (C=O) groups is 1. The Morgan fingerprint density at radius 1 is 1.10 bits per heavy atom. The Morgan fingerprint density at radius 2 is 1.90 bits per heavy atom. The highest BCUT2D eigenvalue weighted by atomic mass is 32.2. The minimum Gasteiger partial charge on any atom is -0.497 e. The van der Waals surface area contributed by atoms with Crippen LogP contribution in [0.1, 0.15) is 12.8 Å². The van der Waals surface area contributed by atoms with Crippen molar-refractivity contribution in [3.8, 4) is 23.0 Å². The van der Waals surface area contributed by atoms with Gasteiger partial charge < -0.3 is 24.3 Å². The number of benzene rings is 2. The second-order valence-corrected chi connectivity index (χ2v) is 9.18. The van der Waals surface area contributed by atoms with Gasteiger partial charge in [0.1, 0.15) is 16.4 Å². The molecule has 9 nitrogen and oxygen atoms in total. The fourth-order valence-electron chi connectivity index (χ4n) is 3.72. The van der Waals surface area contributed by atoms with Gasteiger partial charge in [-0.15, -0.1) is 0 Å². The standard InChI is InChI=1S/C21H24N2O7S/c1-27-16-6-8-18(28-2)20(11-16)31(25,26)23-9-3-4-14(12-23)21(24)22-15-5-7-17-19(10-15)30-13-29-17/h5-8,10-11,14H,3-4,9,12-13H2,1-2H3,(H,22,24)/t14-/m0/s1. The van der Waals surface area contributed by atoms with Gasteiger partial charge in [-0.25, -0.2) is 8.42 Å². The number of hydrogen-bond acceptors (Lipinski definition) is 7. The van der Waals surface area contributed by atoms with E-state index in [4.69, 9.17) is 18.9 Å². The Kier molecular flexibility index (Phi) is 5.92. The third-order valence-electron chi connectivity index (χ3n) is 5.38. The van der Waals surface area contributed by atoms with Crippen LogP contribution in [-0.4, -0.2) is 52.7 Å². The first-order valence-electron chi connectivity index (χ1n) is 9.85. The molecule has 2 heterocycles. The van der Waals surface area contributed by atoms with E-state index in [0.717, 1.165) is 0 Å². The number of sulfonamides is 1. The van der Waals surface area contributed by atoms with Gasteiger partial charge in [0, 0.05) is 30.9 Å². The Labute approximate surface area is 180 Å². The van der Waals surface area contributed by atoms with E-state index >= 15 is 0 Å². The number of ether oxygens (including phenoxy) is 4. The molecular weight excluding hydrogens is 424 g/mol. The lowest BCUT2D eigenvalue weighted by Gasteiger charge is -2.31. The maximum absolute atomic E-state index is 13.3. The van der Waals surface area contributed by atoms with Crippen molar-refractivity contribution in [2.45, 2.75) is 17.7 Å². The van der Waals surface area contributed by atoms with Crippen LogP contribution in [0.4, 0.5) is 5.69 Å². The molecule has 4 rings (SSSR count). The summed E-state index contributed by atoms with van der Waals surface area (Å²) in [6, 6.07) is 9.77. The number of carbonyl (C=O) groups excluding carboxylic acids is 1. The maximum Gasteiger partial charge on any atom is 0.246 e. The van der Waals surface area contributed by atoms with Crippen LogP contribution in [-0.2, 0) is 14.8 Å². The van der Waals surface area contributed by atoms with Gasteiger partial charge in [0.05, 0.1) is 20.1 Å². The normalized spacial score (nSPS) is 18.5. The van der Waals surface area contributed by atoms with Crippen molar-refractivity contribution < 1.29 is 32.2 Å². The highest BCUT2D eigenvalue weighted by Crippen LogP contribution is 2.35. The van der Waals surface area contributed by atoms with Crippen molar-refractivity contribution >= 4 is 21.6 Å². The second kappa shape index (κ2) is 8.64. The lowest BCUT2D eigenvalue weighted by Crippen LogP contribution is -2.43. The van der Waals surface area contributed by atoms with Crippen molar-refractivity contribution in [3.63, 3.8) is 0 Å². The number of anilines is 1. The fourth-order valence-corrected chi connectivity index (χ4v) is 5.41. The molecule has 0 unspecified atom stereocenters. The number of methoxy groups -OCH3 is 2. The van der Waals surface area contributed by atoms with E-state index in [1.54, 1.807) is 30.3 Å². The zero-order valence-electron chi connectivity index (χ0n) is 17.3. The first-order valence-corrected chi connectivity index (χ1v) is 11.3. The molecule has 166 valence electrons. The molecule has 1 N–H and O–H groups in total. The maximum atomic E-state index is 13.3. The van der Waals surface area contributed by atoms with Gasteiger partial charge >= 0.3 is 0 Å². The quantitative estimate of drug-likeness (QED) is 0.724. The van der Waals surface area contributed by atoms with Crippen LogP contribution < -0.4 is 24.3 Å². The van der Waals surface area contributed by atoms with Crippen LogP contribution in [0.15, 0.2) is 41.3 Å². The number of nitrogens with zero attached hydrogens (tertiary/aromatic N) is 1. The molecule has 2 aromatic carbocycles. The van der Waals surface area contributed by atoms with E-state index in [2.05, 4.69) is 5.32 Å². The first-order chi connectivity index (χ1) is 14.9. The molecule has 0 spiro atoms. The predicted octanol–water partition coefficient (Wildman–Crippen LogP) is 2.47. The number of nitrogens with one attached hydrogen (secondary N) is 1. The smallest absolute Gasteiger partial charge is 0.246 e. The van der Waals surface area contributed by atoms with E-state index in [9.17, 15) is 13.2 Å². The van der Waals surface area contributed by atoms with Gasteiger partial charge in [0.25, 0.3) is 0 Å². The molecule has 1 amide bonds. The lowest BCUT2D eigenvalue weighted by molar-refractivity contribution is -0.120. The highest BCUT2D eigenvalue weighted by molar-refractivity contribution is 7.89. The molecule has 0 saturated carbocycles. The van der Waals surface area contributed by atoms with Crippen molar-refractivity contribution in [1.29, 1.82) is 0 Å². The van der Waals surface area contributed by atoms with E-state index in [1.807, 2.05) is 0 Å². The van der Waals surface area contributed by atoms with Crippen LogP contribution in [0.25, 0.3) is 0 Å². The van der Waals surface area contributed by atoms with Crippen LogP contribution in [0.3, 0.4) is 0 Å². The van der Waals surface area contributed by atoms with Crippen LogP contribution in [0.2, 0.25) is 0 Å². The van der Waals surface area contributed by atoms with E-state index < -0.39 is 15.9 Å². The molecule has 0 aromatic heterocycles. The number of rotatable bonds is 6. The second-order valence-electron chi connectivity index (χ2n) is 7.28. The topological polar surface area (TPSA) is 103 Å². The predicted molar refractivity (Wildman–Crippen MR) is 112 cm³/mol. The first kappa shape index (κ1) is 21.3. The average molecular weight is 448 g/mol. The van der Waals surface area contributed by atoms with Crippen LogP contribution in [0.5, 0.6) is 23.0 Å². The highest BCUT2D eigenvalue weighted by Gasteiger charge is 2.35. The van der Waals surface area contributed by atoms with Crippen LogP contribution in [0, 0.1) is 5.92 Å². The molecule has 1 saturated heterocycles. The minimum atomic E-state index is -3.87. The summed E-state index contributed by atoms with van der Waals surface area (Å²) in [5.74, 6) is 1.11. The van der Waals surface area contributed by atoms with Crippen LogP contribution >= 0.6 is 0 Å². The van der Waals surface area contributed by atoms with Crippen molar-refractivity contribution in [3.05, 3.63) is 36.4 Å². The summed E-state index contributed by atoms with van der Waals surface area (Å²) in [6.07, 6.45) is 1.17. The summed E-state index contributed by atoms with van der Waals surface area (Å²) in [7, 11) is -0.990. The van der Waals surface area contributed by atoms with Gasteiger partial charge in [0.15, 0.2) is 11.5 Å². The van der Waals surface area contributed by atoms with Crippen molar-refractivity contribution in [2.75, 3.05) is 39.4 Å². The average Bonchev–Trinajstić information content (AvgIpc) is 3.26. The molecular formula is C21H24N2O7S. The molecule has 2 aliphatic rings. The SMILES string of the molecule is COc1ccc(OC)c(S(=O)(=O)N2CCC[C@H](C(=O)Nc3ccc4c(c3)OCO4)C2)c1. The molecule has 31 heavy (non-hydrogen) atoms. The molecule has 2 aliphatic heterocycles. The third-order valence-corrected chi connectivity index (χ3v) is 7.27. The van der Waals surface area contributed by atoms with E-state index in [1.165, 1.54) is 24.6 Å². The summed E-state index contributed by atoms with van der Waals surface area (Å²) in [6.45, 7) is 0.561. The number of amides is 1. The Bertz CT molecular complexity index is 1090. The molecule has 1 atom stereocenters. The lowest BCUT2D eigenvalue weighted by atomic mass is 9.98. The van der Waals surface area contributed by atoms with E-state index in [0.29, 0.717) is 42.3 Å². The summed E-state index contributed by atoms with van der Waals surface area (Å²) in [5, 5.41) is 2.85. The molecule has 0 aliphatic carbocycles. The zero-order valence-corrected chi connectivity index (χ0v) is 18.1. The van der Waals surface area contributed by atoms with Gasteiger partial charge in [-0.1, -0.05) is 0 Å². The molecule has 10 heteroatoms. The van der Waals surface area contributed by atoms with Crippen molar-refractivity contribution in [2.24, 2.45) is 5.92 Å². The Balaban J connectivity index is 1.51. The Morgan fingerprint density at radius 3 is 2.68 bits per heavy atom. The van der Waals surface area contributed by atoms with E-state index in [-0.39, 0.29) is 29.9 Å². The van der Waals surface area contributed by atoms with Gasteiger partial charge in [0.2, 0.25) is 22.7 Å². The molecule has 1 fully saturated rings. The minimum absolute atomic E-state index is 0.0196. The fraction of sp³-hybridized carbons (Fsp3) is 0.381. The molecule has 2 aromatic rings. The van der Waals surface area contributed by atoms with Gasteiger partial charge in [-0.3, -0.25) is 4.79 Å². The van der Waals surface area contributed by atoms with Gasteiger partial charge in [-0.05, 0) is 37.1 Å². The molecule has 0 radical (unpaired) electrons. The largest absolute Gasteiger partial charge is 0.497 e. The summed E-state index contributed by atoms with van der Waals surface area (Å²) >= 11 is 0. The summed E-state index contributed by atoms with van der Waals surface area (Å²) < 4.78 is 49.0. The molecule has 0 bridgehead atoms. The Hall–Kier alpha value is -2.98. The summed E-state index contributed by atoms with van der Waals surface area (Å²) in [5.41, 5.74) is 0.573. The van der Waals surface area contributed by atoms with Gasteiger partial charge in [-0.2, -0.15) is 4.31 Å². The monoisotopic (exact) mass is 448 g/mol. The number of piperidine rings is 1. The summed E-state index contributed by atoms with van der Waals surface area (Å²) in [4.78, 5) is 12.9. The number of fused-ring (bicyclic) bond motifs is 1.